The fourth-order valence-corrected chi connectivity index (χ4v) is 6.24. The Labute approximate surface area is 212 Å². The average Bonchev–Trinajstić information content (AvgIpc) is 3.48. The fourth-order valence-electron chi connectivity index (χ4n) is 6.24. The number of nitrogens with one attached hydrogen (secondary N) is 2. The van der Waals surface area contributed by atoms with Gasteiger partial charge in [0.2, 0.25) is 17.7 Å². The van der Waals surface area contributed by atoms with Crippen molar-refractivity contribution in [3.63, 3.8) is 0 Å². The number of hydrogen-bond donors (Lipinski definition) is 3. The van der Waals surface area contributed by atoms with Crippen molar-refractivity contribution in [1.29, 1.82) is 0 Å². The molecule has 6 atom stereocenters. The quantitative estimate of drug-likeness (QED) is 0.379. The molecule has 3 heterocycles. The molecule has 3 amide bonds. The molecule has 198 valence electrons. The number of ether oxygens (including phenoxy) is 2. The summed E-state index contributed by atoms with van der Waals surface area (Å²) in [7, 11) is 0. The number of rotatable bonds is 12. The van der Waals surface area contributed by atoms with Gasteiger partial charge in [0.25, 0.3) is 0 Å². The van der Waals surface area contributed by atoms with E-state index in [0.29, 0.717) is 50.3 Å². The number of benzene rings is 1. The number of anilines is 1. The Bertz CT molecular complexity index is 953. The van der Waals surface area contributed by atoms with Crippen molar-refractivity contribution in [2.45, 2.75) is 83.1 Å². The van der Waals surface area contributed by atoms with Gasteiger partial charge in [0.1, 0.15) is 17.4 Å². The number of amides is 3. The van der Waals surface area contributed by atoms with Crippen molar-refractivity contribution in [3.8, 4) is 5.75 Å². The molecule has 9 nitrogen and oxygen atoms in total. The minimum Gasteiger partial charge on any atom is -0.494 e. The molecule has 1 aromatic rings. The molecule has 0 saturated carbocycles. The van der Waals surface area contributed by atoms with Gasteiger partial charge in [-0.05, 0) is 70.2 Å². The van der Waals surface area contributed by atoms with E-state index >= 15 is 0 Å². The zero-order valence-electron chi connectivity index (χ0n) is 21.5. The molecule has 3 fully saturated rings. The van der Waals surface area contributed by atoms with Crippen LogP contribution in [0.1, 0.15) is 59.3 Å². The van der Waals surface area contributed by atoms with Gasteiger partial charge in [-0.15, -0.1) is 0 Å². The van der Waals surface area contributed by atoms with Crippen LogP contribution < -0.4 is 15.4 Å². The molecule has 0 radical (unpaired) electrons. The number of fused-ring (bicyclic) bond motifs is 1. The molecule has 1 spiro atoms. The highest BCUT2D eigenvalue weighted by Gasteiger charge is 2.74. The number of carbonyl (C=O) groups excluding carboxylic acids is 3. The van der Waals surface area contributed by atoms with E-state index in [9.17, 15) is 19.5 Å². The van der Waals surface area contributed by atoms with Gasteiger partial charge in [-0.2, -0.15) is 0 Å². The molecular weight excluding hydrogens is 462 g/mol. The van der Waals surface area contributed by atoms with E-state index in [2.05, 4.69) is 17.6 Å². The number of aliphatic hydroxyl groups is 1. The molecule has 2 bridgehead atoms. The van der Waals surface area contributed by atoms with Crippen molar-refractivity contribution < 1.29 is 29.0 Å². The Morgan fingerprint density at radius 3 is 2.64 bits per heavy atom. The summed E-state index contributed by atoms with van der Waals surface area (Å²) in [4.78, 5) is 42.4. The summed E-state index contributed by atoms with van der Waals surface area (Å²) in [5.41, 5.74) is -0.383. The van der Waals surface area contributed by atoms with Crippen LogP contribution in [0.3, 0.4) is 0 Å². The van der Waals surface area contributed by atoms with Crippen molar-refractivity contribution in [1.82, 2.24) is 10.2 Å². The van der Waals surface area contributed by atoms with Crippen LogP contribution in [0, 0.1) is 11.8 Å². The maximum absolute atomic E-state index is 13.8. The number of likely N-dealkylation sites (tertiary alicyclic amines) is 1. The molecule has 3 saturated heterocycles. The van der Waals surface area contributed by atoms with Crippen molar-refractivity contribution in [2.24, 2.45) is 11.8 Å². The molecule has 3 N–H and O–H groups in total. The van der Waals surface area contributed by atoms with E-state index in [-0.39, 0.29) is 30.4 Å². The molecule has 0 aliphatic carbocycles. The topological polar surface area (TPSA) is 117 Å². The average molecular weight is 502 g/mol. The first kappa shape index (κ1) is 26.4. The largest absolute Gasteiger partial charge is 0.494 e. The van der Waals surface area contributed by atoms with Gasteiger partial charge in [-0.1, -0.05) is 13.3 Å². The maximum atomic E-state index is 13.8. The first-order valence-electron chi connectivity index (χ1n) is 13.3. The highest BCUT2D eigenvalue weighted by molar-refractivity contribution is 6.02. The summed E-state index contributed by atoms with van der Waals surface area (Å²) in [6, 6.07) is 6.33. The summed E-state index contributed by atoms with van der Waals surface area (Å²) in [6.45, 7) is 6.85. The maximum Gasteiger partial charge on any atom is 0.246 e. The van der Waals surface area contributed by atoms with E-state index < -0.39 is 29.6 Å². The van der Waals surface area contributed by atoms with E-state index in [1.54, 1.807) is 29.2 Å². The van der Waals surface area contributed by atoms with Gasteiger partial charge in [0, 0.05) is 24.9 Å². The summed E-state index contributed by atoms with van der Waals surface area (Å²) in [6.07, 6.45) is 3.68. The molecule has 1 aromatic carbocycles. The molecule has 3 aliphatic rings. The molecular formula is C27H39N3O6. The van der Waals surface area contributed by atoms with Crippen LogP contribution in [0.25, 0.3) is 0 Å². The summed E-state index contributed by atoms with van der Waals surface area (Å²) in [5, 5.41) is 15.3. The highest BCUT2D eigenvalue weighted by atomic mass is 16.5. The van der Waals surface area contributed by atoms with Gasteiger partial charge in [0.05, 0.1) is 24.5 Å². The number of nitrogens with zero attached hydrogens (tertiary/aromatic N) is 1. The Morgan fingerprint density at radius 1 is 1.22 bits per heavy atom. The number of hydrogen-bond acceptors (Lipinski definition) is 6. The lowest BCUT2D eigenvalue weighted by molar-refractivity contribution is -0.141. The normalized spacial score (nSPS) is 29.2. The zero-order valence-corrected chi connectivity index (χ0v) is 21.5. The first-order chi connectivity index (χ1) is 17.4. The van der Waals surface area contributed by atoms with E-state index in [1.165, 1.54) is 0 Å². The summed E-state index contributed by atoms with van der Waals surface area (Å²) < 4.78 is 11.9. The Morgan fingerprint density at radius 2 is 1.97 bits per heavy atom. The summed E-state index contributed by atoms with van der Waals surface area (Å²) >= 11 is 0. The predicted molar refractivity (Wildman–Crippen MR) is 134 cm³/mol. The molecule has 9 heteroatoms. The van der Waals surface area contributed by atoms with Crippen molar-refractivity contribution in [2.75, 3.05) is 25.1 Å². The number of carbonyl (C=O) groups is 3. The smallest absolute Gasteiger partial charge is 0.246 e. The Balaban J connectivity index is 1.57. The van der Waals surface area contributed by atoms with Crippen LogP contribution >= 0.6 is 0 Å². The third-order valence-electron chi connectivity index (χ3n) is 7.70. The van der Waals surface area contributed by atoms with Crippen molar-refractivity contribution in [3.05, 3.63) is 24.3 Å². The second-order valence-electron chi connectivity index (χ2n) is 10.2. The summed E-state index contributed by atoms with van der Waals surface area (Å²) in [5.74, 6) is -1.34. The van der Waals surface area contributed by atoms with Crippen LogP contribution in [0.15, 0.2) is 24.3 Å². The molecule has 4 rings (SSSR count). The monoisotopic (exact) mass is 501 g/mol. The minimum atomic E-state index is -1.00. The standard InChI is InChI=1S/C27H39N3O6/c1-4-8-17(3)28-25(33)23-27-14-13-20(36-27)21(22(27)26(34)30(23)15-6-7-16-31)24(32)29-18-9-11-19(12-10-18)35-5-2/h9-12,17,20-23,31H,4-8,13-16H2,1-3H3,(H,28,33)(H,29,32)/t17?,20-,21+,22+,23?,27?/m1/s1. The van der Waals surface area contributed by atoms with Crippen LogP contribution in [-0.2, 0) is 19.1 Å². The second kappa shape index (κ2) is 11.2. The third kappa shape index (κ3) is 4.83. The molecule has 0 aromatic heterocycles. The Kier molecular flexibility index (Phi) is 8.20. The molecule has 3 unspecified atom stereocenters. The highest BCUT2D eigenvalue weighted by Crippen LogP contribution is 2.58. The lowest BCUT2D eigenvalue weighted by Crippen LogP contribution is -2.56. The van der Waals surface area contributed by atoms with Gasteiger partial charge in [-0.3, -0.25) is 14.4 Å². The van der Waals surface area contributed by atoms with E-state index in [0.717, 1.165) is 12.8 Å². The van der Waals surface area contributed by atoms with Gasteiger partial charge < -0.3 is 30.1 Å². The fraction of sp³-hybridized carbons (Fsp3) is 0.667. The van der Waals surface area contributed by atoms with Gasteiger partial charge in [0.15, 0.2) is 0 Å². The van der Waals surface area contributed by atoms with Gasteiger partial charge in [-0.25, -0.2) is 0 Å². The molecule has 36 heavy (non-hydrogen) atoms. The number of aliphatic hydroxyl groups excluding tert-OH is 1. The third-order valence-corrected chi connectivity index (χ3v) is 7.70. The minimum absolute atomic E-state index is 0.0205. The number of unbranched alkanes of at least 4 members (excludes halogenated alkanes) is 1. The lowest BCUT2D eigenvalue weighted by atomic mass is 9.70. The van der Waals surface area contributed by atoms with Crippen LogP contribution in [0.5, 0.6) is 5.75 Å². The molecule has 3 aliphatic heterocycles. The Hall–Kier alpha value is -2.65. The van der Waals surface area contributed by atoms with Crippen LogP contribution in [0.4, 0.5) is 5.69 Å². The zero-order chi connectivity index (χ0) is 25.9. The van der Waals surface area contributed by atoms with Gasteiger partial charge >= 0.3 is 0 Å². The SMILES string of the molecule is CCCC(C)NC(=O)C1N(CCCCO)C(=O)[C@@H]2[C@@H](C(=O)Nc3ccc(OCC)cc3)[C@H]3CCC12O3. The second-order valence-corrected chi connectivity index (χ2v) is 10.2. The van der Waals surface area contributed by atoms with Crippen LogP contribution in [0.2, 0.25) is 0 Å². The first-order valence-corrected chi connectivity index (χ1v) is 13.3. The predicted octanol–water partition coefficient (Wildman–Crippen LogP) is 2.48. The van der Waals surface area contributed by atoms with E-state index in [1.807, 2.05) is 13.8 Å². The van der Waals surface area contributed by atoms with Crippen LogP contribution in [-0.4, -0.2) is 71.3 Å². The van der Waals surface area contributed by atoms with Crippen molar-refractivity contribution >= 4 is 23.4 Å². The lowest BCUT2D eigenvalue weighted by Gasteiger charge is -2.34. The van der Waals surface area contributed by atoms with E-state index in [4.69, 9.17) is 9.47 Å².